The summed E-state index contributed by atoms with van der Waals surface area (Å²) in [5.41, 5.74) is 0.179. The standard InChI is InChI=1S/C9H18N4/c1-6(2)7(9(3,4)5)8-10-12-13-11-8/h6-7H,1-5H3,(H,10,11,12,13). The number of H-pyrrole nitrogens is 1. The molecule has 1 heterocycles. The quantitative estimate of drug-likeness (QED) is 0.761. The Morgan fingerprint density at radius 1 is 1.23 bits per heavy atom. The second-order valence-corrected chi connectivity index (χ2v) is 4.86. The Labute approximate surface area is 79.1 Å². The van der Waals surface area contributed by atoms with Crippen LogP contribution in [0.2, 0.25) is 0 Å². The van der Waals surface area contributed by atoms with E-state index in [2.05, 4.69) is 55.2 Å². The Hall–Kier alpha value is -0.930. The minimum Gasteiger partial charge on any atom is -0.177 e. The fourth-order valence-corrected chi connectivity index (χ4v) is 1.99. The van der Waals surface area contributed by atoms with Gasteiger partial charge in [0.15, 0.2) is 5.82 Å². The lowest BCUT2D eigenvalue weighted by Crippen LogP contribution is -2.24. The number of nitrogens with one attached hydrogen (secondary N) is 1. The molecular weight excluding hydrogens is 164 g/mol. The van der Waals surface area contributed by atoms with Crippen LogP contribution in [0.25, 0.3) is 0 Å². The van der Waals surface area contributed by atoms with E-state index in [1.54, 1.807) is 0 Å². The lowest BCUT2D eigenvalue weighted by molar-refractivity contribution is 0.247. The molecule has 4 nitrogen and oxygen atoms in total. The van der Waals surface area contributed by atoms with E-state index in [0.29, 0.717) is 11.8 Å². The van der Waals surface area contributed by atoms with Crippen LogP contribution in [-0.2, 0) is 0 Å². The van der Waals surface area contributed by atoms with Gasteiger partial charge in [-0.25, -0.2) is 0 Å². The molecule has 1 N–H and O–H groups in total. The number of aromatic nitrogens is 4. The predicted molar refractivity (Wildman–Crippen MR) is 51.2 cm³/mol. The second kappa shape index (κ2) is 3.44. The Morgan fingerprint density at radius 3 is 2.15 bits per heavy atom. The molecule has 0 radical (unpaired) electrons. The Balaban J connectivity index is 2.94. The number of nitrogens with zero attached hydrogens (tertiary/aromatic N) is 3. The molecule has 0 bridgehead atoms. The zero-order chi connectivity index (χ0) is 10.1. The molecule has 0 spiro atoms. The molecule has 1 rings (SSSR count). The van der Waals surface area contributed by atoms with E-state index >= 15 is 0 Å². The van der Waals surface area contributed by atoms with Gasteiger partial charge < -0.3 is 0 Å². The maximum absolute atomic E-state index is 4.06. The van der Waals surface area contributed by atoms with Crippen LogP contribution in [-0.4, -0.2) is 20.6 Å². The molecular formula is C9H18N4. The van der Waals surface area contributed by atoms with Crippen molar-refractivity contribution in [1.29, 1.82) is 0 Å². The molecule has 0 aromatic carbocycles. The predicted octanol–water partition coefficient (Wildman–Crippen LogP) is 1.99. The fourth-order valence-electron chi connectivity index (χ4n) is 1.99. The van der Waals surface area contributed by atoms with Crippen molar-refractivity contribution in [3.63, 3.8) is 0 Å². The summed E-state index contributed by atoms with van der Waals surface area (Å²) in [7, 11) is 0. The van der Waals surface area contributed by atoms with Gasteiger partial charge in [-0.1, -0.05) is 39.8 Å². The van der Waals surface area contributed by atoms with Gasteiger partial charge in [0, 0.05) is 5.92 Å². The van der Waals surface area contributed by atoms with E-state index in [1.165, 1.54) is 0 Å². The number of hydrogen-bond donors (Lipinski definition) is 1. The van der Waals surface area contributed by atoms with Gasteiger partial charge in [0.05, 0.1) is 0 Å². The smallest absolute Gasteiger partial charge is 0.177 e. The average Bonchev–Trinajstić information content (AvgIpc) is 2.34. The summed E-state index contributed by atoms with van der Waals surface area (Å²) in [6, 6.07) is 0. The summed E-state index contributed by atoms with van der Waals surface area (Å²) < 4.78 is 0. The molecule has 0 aliphatic rings. The molecule has 1 atom stereocenters. The lowest BCUT2D eigenvalue weighted by atomic mass is 9.74. The molecule has 0 aliphatic heterocycles. The van der Waals surface area contributed by atoms with Gasteiger partial charge in [-0.2, -0.15) is 5.21 Å². The van der Waals surface area contributed by atoms with Crippen molar-refractivity contribution in [3.8, 4) is 0 Å². The average molecular weight is 182 g/mol. The molecule has 0 fully saturated rings. The summed E-state index contributed by atoms with van der Waals surface area (Å²) in [6.45, 7) is 11.0. The number of hydrogen-bond acceptors (Lipinski definition) is 3. The van der Waals surface area contributed by atoms with Crippen LogP contribution < -0.4 is 0 Å². The molecule has 0 amide bonds. The highest BCUT2D eigenvalue weighted by Crippen LogP contribution is 2.38. The molecule has 13 heavy (non-hydrogen) atoms. The third-order valence-corrected chi connectivity index (χ3v) is 2.24. The van der Waals surface area contributed by atoms with E-state index < -0.39 is 0 Å². The Kier molecular flexibility index (Phi) is 2.68. The van der Waals surface area contributed by atoms with E-state index in [-0.39, 0.29) is 5.41 Å². The third-order valence-electron chi connectivity index (χ3n) is 2.24. The van der Waals surface area contributed by atoms with E-state index in [1.807, 2.05) is 0 Å². The third kappa shape index (κ3) is 2.26. The van der Waals surface area contributed by atoms with Crippen LogP contribution in [0.15, 0.2) is 0 Å². The summed E-state index contributed by atoms with van der Waals surface area (Å²) in [6.07, 6.45) is 0. The van der Waals surface area contributed by atoms with Crippen molar-refractivity contribution >= 4 is 0 Å². The highest BCUT2D eigenvalue weighted by molar-refractivity contribution is 4.99. The first-order chi connectivity index (χ1) is 5.93. The van der Waals surface area contributed by atoms with Gasteiger partial charge in [0.1, 0.15) is 0 Å². The fraction of sp³-hybridized carbons (Fsp3) is 0.889. The first-order valence-corrected chi connectivity index (χ1v) is 4.66. The van der Waals surface area contributed by atoms with Crippen molar-refractivity contribution in [2.24, 2.45) is 11.3 Å². The molecule has 0 aliphatic carbocycles. The highest BCUT2D eigenvalue weighted by Gasteiger charge is 2.32. The molecule has 4 heteroatoms. The van der Waals surface area contributed by atoms with E-state index in [4.69, 9.17) is 0 Å². The lowest BCUT2D eigenvalue weighted by Gasteiger charge is -2.31. The molecule has 0 saturated carbocycles. The molecule has 74 valence electrons. The largest absolute Gasteiger partial charge is 0.178 e. The Morgan fingerprint density at radius 2 is 1.85 bits per heavy atom. The molecule has 0 saturated heterocycles. The summed E-state index contributed by atoms with van der Waals surface area (Å²) in [5.74, 6) is 1.70. The second-order valence-electron chi connectivity index (χ2n) is 4.86. The van der Waals surface area contributed by atoms with Crippen LogP contribution in [0.1, 0.15) is 46.4 Å². The number of aromatic amines is 1. The monoisotopic (exact) mass is 182 g/mol. The van der Waals surface area contributed by atoms with Crippen molar-refractivity contribution in [1.82, 2.24) is 20.6 Å². The molecule has 1 aromatic rings. The van der Waals surface area contributed by atoms with Crippen LogP contribution in [0.4, 0.5) is 0 Å². The van der Waals surface area contributed by atoms with Crippen molar-refractivity contribution in [3.05, 3.63) is 5.82 Å². The van der Waals surface area contributed by atoms with Gasteiger partial charge in [0.2, 0.25) is 0 Å². The van der Waals surface area contributed by atoms with Gasteiger partial charge in [-0.05, 0) is 11.3 Å². The summed E-state index contributed by atoms with van der Waals surface area (Å²) in [5, 5.41) is 14.2. The SMILES string of the molecule is CC(C)C(c1nn[nH]n1)C(C)(C)C. The van der Waals surface area contributed by atoms with E-state index in [9.17, 15) is 0 Å². The van der Waals surface area contributed by atoms with Gasteiger partial charge in [0.25, 0.3) is 0 Å². The normalized spacial score (nSPS) is 14.9. The maximum Gasteiger partial charge on any atom is 0.178 e. The van der Waals surface area contributed by atoms with Gasteiger partial charge in [-0.3, -0.25) is 0 Å². The zero-order valence-electron chi connectivity index (χ0n) is 9.00. The molecule has 1 aromatic heterocycles. The van der Waals surface area contributed by atoms with E-state index in [0.717, 1.165) is 5.82 Å². The number of rotatable bonds is 2. The first kappa shape index (κ1) is 10.2. The zero-order valence-corrected chi connectivity index (χ0v) is 9.00. The van der Waals surface area contributed by atoms with Crippen molar-refractivity contribution in [2.75, 3.05) is 0 Å². The van der Waals surface area contributed by atoms with Crippen LogP contribution in [0, 0.1) is 11.3 Å². The first-order valence-electron chi connectivity index (χ1n) is 4.66. The number of tetrazole rings is 1. The topological polar surface area (TPSA) is 54.5 Å². The van der Waals surface area contributed by atoms with Crippen LogP contribution in [0.5, 0.6) is 0 Å². The van der Waals surface area contributed by atoms with Crippen LogP contribution >= 0.6 is 0 Å². The summed E-state index contributed by atoms with van der Waals surface area (Å²) in [4.78, 5) is 0. The van der Waals surface area contributed by atoms with Gasteiger partial charge in [-0.15, -0.1) is 10.2 Å². The van der Waals surface area contributed by atoms with Crippen LogP contribution in [0.3, 0.4) is 0 Å². The van der Waals surface area contributed by atoms with Crippen molar-refractivity contribution in [2.45, 2.75) is 40.5 Å². The van der Waals surface area contributed by atoms with Gasteiger partial charge >= 0.3 is 0 Å². The Bertz CT molecular complexity index is 245. The minimum atomic E-state index is 0.179. The minimum absolute atomic E-state index is 0.179. The molecule has 1 unspecified atom stereocenters. The maximum atomic E-state index is 4.06. The van der Waals surface area contributed by atoms with Crippen molar-refractivity contribution < 1.29 is 0 Å². The highest BCUT2D eigenvalue weighted by atomic mass is 15.5. The summed E-state index contributed by atoms with van der Waals surface area (Å²) >= 11 is 0.